The third-order valence-corrected chi connectivity index (χ3v) is 4.88. The van der Waals surface area contributed by atoms with E-state index in [1.54, 1.807) is 42.8 Å². The Morgan fingerprint density at radius 3 is 2.60 bits per heavy atom. The molecule has 2 amide bonds. The standard InChI is InChI=1S/C20H19N7O3/c1-10-17(26-30-25-10)9-27-12(3)18(11(2)24-27)23-20(29)16-8-14(19(21)28)13-6-4-5-7-15(13)22-16/h4-8H,9H2,1-3H3,(H2,21,28)(H,23,29). The van der Waals surface area contributed by atoms with Crippen molar-refractivity contribution in [3.63, 3.8) is 0 Å². The average Bonchev–Trinajstić information content (AvgIpc) is 3.24. The Balaban J connectivity index is 1.66. The highest BCUT2D eigenvalue weighted by Gasteiger charge is 2.19. The number of aryl methyl sites for hydroxylation is 2. The summed E-state index contributed by atoms with van der Waals surface area (Å²) in [6.07, 6.45) is 0. The molecular weight excluding hydrogens is 386 g/mol. The summed E-state index contributed by atoms with van der Waals surface area (Å²) in [7, 11) is 0. The number of carbonyl (C=O) groups is 2. The van der Waals surface area contributed by atoms with E-state index in [0.717, 1.165) is 5.69 Å². The quantitative estimate of drug-likeness (QED) is 0.518. The van der Waals surface area contributed by atoms with Crippen molar-refractivity contribution in [3.8, 4) is 0 Å². The normalized spacial score (nSPS) is 11.0. The van der Waals surface area contributed by atoms with Gasteiger partial charge in [0, 0.05) is 5.39 Å². The first-order chi connectivity index (χ1) is 14.3. The largest absolute Gasteiger partial charge is 0.366 e. The van der Waals surface area contributed by atoms with Gasteiger partial charge >= 0.3 is 0 Å². The molecule has 30 heavy (non-hydrogen) atoms. The Kier molecular flexibility index (Phi) is 4.74. The summed E-state index contributed by atoms with van der Waals surface area (Å²) in [5.41, 5.74) is 9.59. The van der Waals surface area contributed by atoms with Gasteiger partial charge in [-0.15, -0.1) is 0 Å². The predicted octanol–water partition coefficient (Wildman–Crippen LogP) is 2.14. The van der Waals surface area contributed by atoms with Crippen LogP contribution in [0.3, 0.4) is 0 Å². The van der Waals surface area contributed by atoms with Crippen molar-refractivity contribution >= 4 is 28.4 Å². The van der Waals surface area contributed by atoms with Crippen LogP contribution >= 0.6 is 0 Å². The zero-order valence-electron chi connectivity index (χ0n) is 16.6. The number of rotatable bonds is 5. The van der Waals surface area contributed by atoms with Crippen LogP contribution in [0.25, 0.3) is 10.9 Å². The molecule has 10 nitrogen and oxygen atoms in total. The zero-order valence-corrected chi connectivity index (χ0v) is 16.6. The molecule has 0 bridgehead atoms. The number of amides is 2. The molecule has 0 aliphatic rings. The van der Waals surface area contributed by atoms with Crippen molar-refractivity contribution in [2.24, 2.45) is 5.73 Å². The van der Waals surface area contributed by atoms with E-state index >= 15 is 0 Å². The fourth-order valence-electron chi connectivity index (χ4n) is 3.24. The minimum Gasteiger partial charge on any atom is -0.366 e. The number of carbonyl (C=O) groups excluding carboxylic acids is 2. The Morgan fingerprint density at radius 1 is 1.13 bits per heavy atom. The van der Waals surface area contributed by atoms with Gasteiger partial charge in [0.25, 0.3) is 5.91 Å². The van der Waals surface area contributed by atoms with Crippen molar-refractivity contribution in [2.75, 3.05) is 5.32 Å². The topological polar surface area (TPSA) is 142 Å². The van der Waals surface area contributed by atoms with E-state index in [1.807, 2.05) is 6.92 Å². The van der Waals surface area contributed by atoms with Crippen molar-refractivity contribution in [2.45, 2.75) is 27.3 Å². The third kappa shape index (κ3) is 3.39. The number of fused-ring (bicyclic) bond motifs is 1. The lowest BCUT2D eigenvalue weighted by Crippen LogP contribution is -2.18. The first-order valence-electron chi connectivity index (χ1n) is 9.18. The second kappa shape index (κ2) is 7.39. The number of benzene rings is 1. The van der Waals surface area contributed by atoms with Crippen molar-refractivity contribution in [3.05, 3.63) is 64.4 Å². The number of nitrogens with one attached hydrogen (secondary N) is 1. The average molecular weight is 405 g/mol. The molecule has 0 aliphatic carbocycles. The highest BCUT2D eigenvalue weighted by atomic mass is 16.6. The minimum absolute atomic E-state index is 0.0885. The molecule has 0 unspecified atom stereocenters. The van der Waals surface area contributed by atoms with Crippen LogP contribution < -0.4 is 11.1 Å². The molecule has 0 saturated carbocycles. The van der Waals surface area contributed by atoms with Crippen molar-refractivity contribution in [1.29, 1.82) is 0 Å². The molecule has 1 aromatic carbocycles. The van der Waals surface area contributed by atoms with E-state index in [4.69, 9.17) is 10.4 Å². The predicted molar refractivity (Wildman–Crippen MR) is 108 cm³/mol. The molecule has 0 atom stereocenters. The van der Waals surface area contributed by atoms with E-state index in [2.05, 4.69) is 25.7 Å². The number of pyridine rings is 1. The number of primary amides is 1. The maximum Gasteiger partial charge on any atom is 0.274 e. The van der Waals surface area contributed by atoms with Crippen LogP contribution in [0, 0.1) is 20.8 Å². The Labute approximate surface area is 171 Å². The molecule has 3 N–H and O–H groups in total. The van der Waals surface area contributed by atoms with Gasteiger partial charge in [-0.1, -0.05) is 28.5 Å². The van der Waals surface area contributed by atoms with Gasteiger partial charge in [0.2, 0.25) is 5.91 Å². The lowest BCUT2D eigenvalue weighted by molar-refractivity contribution is 0.100. The maximum atomic E-state index is 12.9. The maximum absolute atomic E-state index is 12.9. The van der Waals surface area contributed by atoms with Crippen LogP contribution in [0.15, 0.2) is 35.0 Å². The van der Waals surface area contributed by atoms with Crippen LogP contribution in [-0.4, -0.2) is 36.9 Å². The van der Waals surface area contributed by atoms with E-state index < -0.39 is 11.8 Å². The van der Waals surface area contributed by atoms with Gasteiger partial charge in [-0.2, -0.15) is 5.10 Å². The highest BCUT2D eigenvalue weighted by Crippen LogP contribution is 2.23. The zero-order chi connectivity index (χ0) is 21.4. The summed E-state index contributed by atoms with van der Waals surface area (Å²) in [6.45, 7) is 5.77. The molecule has 0 spiro atoms. The molecule has 10 heteroatoms. The van der Waals surface area contributed by atoms with E-state index in [9.17, 15) is 9.59 Å². The second-order valence-corrected chi connectivity index (χ2v) is 6.89. The molecular formula is C20H19N7O3. The lowest BCUT2D eigenvalue weighted by atomic mass is 10.1. The van der Waals surface area contributed by atoms with Gasteiger partial charge in [-0.25, -0.2) is 9.61 Å². The molecule has 4 rings (SSSR count). The number of aromatic nitrogens is 5. The third-order valence-electron chi connectivity index (χ3n) is 4.88. The summed E-state index contributed by atoms with van der Waals surface area (Å²) >= 11 is 0. The minimum atomic E-state index is -0.626. The molecule has 152 valence electrons. The second-order valence-electron chi connectivity index (χ2n) is 6.89. The van der Waals surface area contributed by atoms with E-state index in [-0.39, 0.29) is 11.3 Å². The number of para-hydroxylation sites is 1. The Morgan fingerprint density at radius 2 is 1.90 bits per heavy atom. The molecule has 3 aromatic heterocycles. The summed E-state index contributed by atoms with van der Waals surface area (Å²) in [4.78, 5) is 29.2. The SMILES string of the molecule is Cc1nonc1Cn1nc(C)c(NC(=O)c2cc(C(N)=O)c3ccccc3n2)c1C. The van der Waals surface area contributed by atoms with Gasteiger partial charge in [0.1, 0.15) is 17.1 Å². The molecule has 0 saturated heterocycles. The summed E-state index contributed by atoms with van der Waals surface area (Å²) in [5.74, 6) is -1.09. The van der Waals surface area contributed by atoms with Gasteiger partial charge in [0.15, 0.2) is 0 Å². The first-order valence-corrected chi connectivity index (χ1v) is 9.18. The van der Waals surface area contributed by atoms with Crippen molar-refractivity contribution in [1.82, 2.24) is 25.1 Å². The van der Waals surface area contributed by atoms with E-state index in [1.165, 1.54) is 6.07 Å². The number of anilines is 1. The van der Waals surface area contributed by atoms with Crippen LogP contribution in [0.4, 0.5) is 5.69 Å². The van der Waals surface area contributed by atoms with Gasteiger partial charge in [-0.05, 0) is 32.9 Å². The first kappa shape index (κ1) is 19.2. The van der Waals surface area contributed by atoms with Gasteiger partial charge < -0.3 is 11.1 Å². The molecule has 0 fully saturated rings. The fourth-order valence-corrected chi connectivity index (χ4v) is 3.24. The van der Waals surface area contributed by atoms with E-state index in [0.29, 0.717) is 40.2 Å². The van der Waals surface area contributed by atoms with Crippen LogP contribution in [0.5, 0.6) is 0 Å². The Bertz CT molecular complexity index is 1290. The van der Waals surface area contributed by atoms with Crippen LogP contribution in [0.1, 0.15) is 43.6 Å². The number of nitrogens with two attached hydrogens (primary N) is 1. The monoisotopic (exact) mass is 405 g/mol. The Hall–Kier alpha value is -4.08. The van der Waals surface area contributed by atoms with Crippen LogP contribution in [-0.2, 0) is 6.54 Å². The number of hydrogen-bond donors (Lipinski definition) is 2. The fraction of sp³-hybridized carbons (Fsp3) is 0.200. The molecule has 4 aromatic rings. The van der Waals surface area contributed by atoms with Crippen molar-refractivity contribution < 1.29 is 14.2 Å². The molecule has 0 aliphatic heterocycles. The summed E-state index contributed by atoms with van der Waals surface area (Å²) in [6, 6.07) is 8.42. The number of nitrogens with zero attached hydrogens (tertiary/aromatic N) is 5. The molecule has 0 radical (unpaired) electrons. The summed E-state index contributed by atoms with van der Waals surface area (Å²) in [5, 5.41) is 15.5. The smallest absolute Gasteiger partial charge is 0.274 e. The molecule has 3 heterocycles. The lowest BCUT2D eigenvalue weighted by Gasteiger charge is -2.09. The summed E-state index contributed by atoms with van der Waals surface area (Å²) < 4.78 is 6.43. The number of hydrogen-bond acceptors (Lipinski definition) is 7. The van der Waals surface area contributed by atoms with Gasteiger partial charge in [0.05, 0.1) is 34.7 Å². The van der Waals surface area contributed by atoms with Crippen LogP contribution in [0.2, 0.25) is 0 Å². The van der Waals surface area contributed by atoms with Gasteiger partial charge in [-0.3, -0.25) is 14.3 Å². The highest BCUT2D eigenvalue weighted by molar-refractivity contribution is 6.10.